The largest absolute Gasteiger partial charge is 0.445 e. The lowest BCUT2D eigenvalue weighted by Crippen LogP contribution is -2.55. The van der Waals surface area contributed by atoms with Crippen molar-refractivity contribution in [1.29, 1.82) is 0 Å². The van der Waals surface area contributed by atoms with Gasteiger partial charge in [0.05, 0.1) is 0 Å². The van der Waals surface area contributed by atoms with Crippen molar-refractivity contribution in [3.8, 4) is 12.3 Å². The second kappa shape index (κ2) is 8.79. The maximum atomic E-state index is 13.0. The van der Waals surface area contributed by atoms with E-state index in [9.17, 15) is 9.59 Å². The van der Waals surface area contributed by atoms with Crippen molar-refractivity contribution in [1.82, 2.24) is 0 Å². The molecule has 1 aromatic rings. The van der Waals surface area contributed by atoms with Gasteiger partial charge in [0, 0.05) is 18.3 Å². The summed E-state index contributed by atoms with van der Waals surface area (Å²) in [6, 6.07) is 10.1. The van der Waals surface area contributed by atoms with Crippen LogP contribution in [0, 0.1) is 41.4 Å². The number of rotatable bonds is 5. The second-order valence-corrected chi connectivity index (χ2v) is 10.8. The van der Waals surface area contributed by atoms with Crippen molar-refractivity contribution in [3.05, 3.63) is 47.5 Å². The van der Waals surface area contributed by atoms with Crippen molar-refractivity contribution in [2.45, 2.75) is 83.2 Å². The van der Waals surface area contributed by atoms with Gasteiger partial charge in [0.15, 0.2) is 11.4 Å². The van der Waals surface area contributed by atoms with Crippen LogP contribution in [-0.4, -0.2) is 17.4 Å². The maximum Gasteiger partial charge on any atom is 0.307 e. The molecule has 0 heterocycles. The predicted octanol–water partition coefficient (Wildman–Crippen LogP) is 6.07. The van der Waals surface area contributed by atoms with E-state index in [-0.39, 0.29) is 11.4 Å². The zero-order chi connectivity index (χ0) is 23.1. The van der Waals surface area contributed by atoms with Crippen molar-refractivity contribution >= 4 is 11.8 Å². The van der Waals surface area contributed by atoms with E-state index in [0.29, 0.717) is 48.7 Å². The van der Waals surface area contributed by atoms with E-state index in [1.807, 2.05) is 24.3 Å². The molecule has 33 heavy (non-hydrogen) atoms. The van der Waals surface area contributed by atoms with Crippen molar-refractivity contribution in [3.63, 3.8) is 0 Å². The smallest absolute Gasteiger partial charge is 0.307 e. The Morgan fingerprint density at radius 3 is 2.67 bits per heavy atom. The standard InChI is InChI=1S/C30H36O3/c1-3-29-18-16-25-24-14-12-23(31)20-22(24)11-13-26(25)27(29)17-19-30(29,4-2)33-28(32)15-10-21-8-6-5-7-9-21/h2,5-9,20,24-27H,3,10-19H2,1H3/t24?,25?,26?,27?,29-,30-/m0/s1. The van der Waals surface area contributed by atoms with E-state index in [1.165, 1.54) is 5.57 Å². The molecule has 3 heteroatoms. The Labute approximate surface area is 198 Å². The van der Waals surface area contributed by atoms with E-state index in [0.717, 1.165) is 56.9 Å². The number of terminal acetylenes is 1. The number of ether oxygens (including phenoxy) is 1. The van der Waals surface area contributed by atoms with Crippen LogP contribution in [0.2, 0.25) is 0 Å². The van der Waals surface area contributed by atoms with E-state index >= 15 is 0 Å². The number of ketones is 1. The molecule has 4 aliphatic rings. The van der Waals surface area contributed by atoms with Gasteiger partial charge < -0.3 is 4.74 Å². The average molecular weight is 445 g/mol. The number of carbonyl (C=O) groups excluding carboxylic acids is 2. The number of aryl methyl sites for hydroxylation is 1. The van der Waals surface area contributed by atoms with E-state index in [4.69, 9.17) is 11.2 Å². The first-order valence-corrected chi connectivity index (χ1v) is 13.0. The SMILES string of the molecule is C#C[C@]1(OC(=O)CCc2ccccc2)CCC2C3CCC4=CC(=O)CCC4C3CC[C@@]21CC. The molecule has 0 aromatic heterocycles. The van der Waals surface area contributed by atoms with Gasteiger partial charge in [0.1, 0.15) is 0 Å². The lowest BCUT2D eigenvalue weighted by Gasteiger charge is -2.56. The molecule has 3 saturated carbocycles. The molecule has 0 amide bonds. The molecule has 0 radical (unpaired) electrons. The van der Waals surface area contributed by atoms with Crippen molar-refractivity contribution in [2.75, 3.05) is 0 Å². The maximum absolute atomic E-state index is 13.0. The number of allylic oxidation sites excluding steroid dienone is 1. The Morgan fingerprint density at radius 1 is 1.09 bits per heavy atom. The molecule has 0 N–H and O–H groups in total. The topological polar surface area (TPSA) is 43.4 Å². The highest BCUT2D eigenvalue weighted by Gasteiger charge is 2.65. The summed E-state index contributed by atoms with van der Waals surface area (Å²) in [6.07, 6.45) is 18.1. The number of fused-ring (bicyclic) bond motifs is 5. The molecule has 174 valence electrons. The highest BCUT2D eigenvalue weighted by atomic mass is 16.6. The van der Waals surface area contributed by atoms with Crippen molar-refractivity contribution in [2.24, 2.45) is 29.1 Å². The predicted molar refractivity (Wildman–Crippen MR) is 129 cm³/mol. The van der Waals surface area contributed by atoms with Crippen LogP contribution < -0.4 is 0 Å². The van der Waals surface area contributed by atoms with Crippen LogP contribution in [0.1, 0.15) is 76.7 Å². The molecule has 4 unspecified atom stereocenters. The third-order valence-electron chi connectivity index (χ3n) is 9.73. The Morgan fingerprint density at radius 2 is 1.91 bits per heavy atom. The van der Waals surface area contributed by atoms with Crippen LogP contribution in [0.4, 0.5) is 0 Å². The molecule has 3 fully saturated rings. The zero-order valence-corrected chi connectivity index (χ0v) is 19.9. The zero-order valence-electron chi connectivity index (χ0n) is 19.9. The summed E-state index contributed by atoms with van der Waals surface area (Å²) in [5.74, 6) is 5.59. The van der Waals surface area contributed by atoms with E-state index in [2.05, 4.69) is 25.0 Å². The molecular weight excluding hydrogens is 408 g/mol. The first kappa shape index (κ1) is 22.5. The molecule has 0 aliphatic heterocycles. The van der Waals surface area contributed by atoms with Crippen LogP contribution >= 0.6 is 0 Å². The van der Waals surface area contributed by atoms with E-state index in [1.54, 1.807) is 0 Å². The summed E-state index contributed by atoms with van der Waals surface area (Å²) >= 11 is 0. The Bertz CT molecular complexity index is 986. The minimum atomic E-state index is -0.774. The second-order valence-electron chi connectivity index (χ2n) is 10.8. The quantitative estimate of drug-likeness (QED) is 0.409. The van der Waals surface area contributed by atoms with E-state index < -0.39 is 5.60 Å². The normalized spacial score (nSPS) is 37.2. The summed E-state index contributed by atoms with van der Waals surface area (Å²) in [6.45, 7) is 2.25. The minimum absolute atomic E-state index is 0.114. The van der Waals surface area contributed by atoms with Gasteiger partial charge in [-0.1, -0.05) is 48.7 Å². The van der Waals surface area contributed by atoms with Crippen LogP contribution in [-0.2, 0) is 20.7 Å². The highest BCUT2D eigenvalue weighted by molar-refractivity contribution is 5.91. The number of hydrogen-bond acceptors (Lipinski definition) is 3. The van der Waals surface area contributed by atoms with Gasteiger partial charge in [-0.05, 0) is 93.1 Å². The third-order valence-corrected chi connectivity index (χ3v) is 9.73. The lowest BCUT2D eigenvalue weighted by atomic mass is 9.49. The van der Waals surface area contributed by atoms with Gasteiger partial charge in [-0.2, -0.15) is 0 Å². The molecule has 6 atom stereocenters. The monoisotopic (exact) mass is 444 g/mol. The van der Waals surface area contributed by atoms with Crippen LogP contribution in [0.25, 0.3) is 0 Å². The fourth-order valence-corrected chi connectivity index (χ4v) is 8.25. The molecule has 3 nitrogen and oxygen atoms in total. The molecule has 0 bridgehead atoms. The molecule has 4 aliphatic carbocycles. The number of carbonyl (C=O) groups is 2. The van der Waals surface area contributed by atoms with Gasteiger partial charge in [0.2, 0.25) is 0 Å². The molecular formula is C30H36O3. The Balaban J connectivity index is 1.35. The Hall–Kier alpha value is -2.34. The van der Waals surface area contributed by atoms with Crippen LogP contribution in [0.15, 0.2) is 42.0 Å². The minimum Gasteiger partial charge on any atom is -0.445 e. The number of benzene rings is 1. The number of esters is 1. The summed E-state index contributed by atoms with van der Waals surface area (Å²) in [5.41, 5.74) is 1.67. The van der Waals surface area contributed by atoms with Crippen LogP contribution in [0.3, 0.4) is 0 Å². The summed E-state index contributed by atoms with van der Waals surface area (Å²) in [5, 5.41) is 0. The molecule has 0 saturated heterocycles. The van der Waals surface area contributed by atoms with Gasteiger partial charge in [-0.15, -0.1) is 6.42 Å². The Kier molecular flexibility index (Phi) is 5.98. The fraction of sp³-hybridized carbons (Fsp3) is 0.600. The first-order valence-electron chi connectivity index (χ1n) is 13.0. The first-order chi connectivity index (χ1) is 16.0. The van der Waals surface area contributed by atoms with Gasteiger partial charge in [-0.25, -0.2) is 0 Å². The highest BCUT2D eigenvalue weighted by Crippen LogP contribution is 2.67. The van der Waals surface area contributed by atoms with Crippen LogP contribution in [0.5, 0.6) is 0 Å². The number of hydrogen-bond donors (Lipinski definition) is 0. The fourth-order valence-electron chi connectivity index (χ4n) is 8.25. The van der Waals surface area contributed by atoms with Gasteiger partial charge in [-0.3, -0.25) is 9.59 Å². The average Bonchev–Trinajstić information content (AvgIpc) is 3.17. The van der Waals surface area contributed by atoms with Crippen molar-refractivity contribution < 1.29 is 14.3 Å². The van der Waals surface area contributed by atoms with Gasteiger partial charge in [0.25, 0.3) is 0 Å². The summed E-state index contributed by atoms with van der Waals surface area (Å²) in [4.78, 5) is 25.0. The molecule has 5 rings (SSSR count). The molecule has 0 spiro atoms. The summed E-state index contributed by atoms with van der Waals surface area (Å²) < 4.78 is 6.30. The lowest BCUT2D eigenvalue weighted by molar-refractivity contribution is -0.173. The third kappa shape index (κ3) is 3.67. The summed E-state index contributed by atoms with van der Waals surface area (Å²) in [7, 11) is 0. The molecule has 1 aromatic carbocycles. The van der Waals surface area contributed by atoms with Gasteiger partial charge >= 0.3 is 5.97 Å².